The highest BCUT2D eigenvalue weighted by Gasteiger charge is 2.58. The maximum Gasteiger partial charge on any atom is 0.324 e. The quantitative estimate of drug-likeness (QED) is 0.548. The van der Waals surface area contributed by atoms with E-state index in [-0.39, 0.29) is 18.9 Å². The molecule has 5 rings (SSSR count). The van der Waals surface area contributed by atoms with E-state index in [1.54, 1.807) is 24.3 Å². The molecule has 0 saturated carbocycles. The molecule has 1 atom stereocenters. The van der Waals surface area contributed by atoms with Crippen LogP contribution in [-0.2, 0) is 23.6 Å². The molecule has 10 heteroatoms. The van der Waals surface area contributed by atoms with Crippen molar-refractivity contribution in [1.82, 2.24) is 20.5 Å². The summed E-state index contributed by atoms with van der Waals surface area (Å²) in [4.78, 5) is 43.8. The van der Waals surface area contributed by atoms with Gasteiger partial charge in [-0.15, -0.1) is 0 Å². The molecular weight excluding hydrogens is 392 g/mol. The number of aliphatic hydroxyl groups is 1. The summed E-state index contributed by atoms with van der Waals surface area (Å²) in [6.45, 7) is -0.151. The number of furan rings is 1. The maximum absolute atomic E-state index is 13.2. The molecule has 3 N–H and O–H groups in total. The van der Waals surface area contributed by atoms with Gasteiger partial charge in [-0.1, -0.05) is 6.07 Å². The zero-order valence-corrected chi connectivity index (χ0v) is 15.8. The number of nitrogens with zero attached hydrogens (tertiary/aromatic N) is 2. The summed E-state index contributed by atoms with van der Waals surface area (Å²) in [6.07, 6.45) is 1.48. The van der Waals surface area contributed by atoms with Crippen LogP contribution in [0.4, 0.5) is 4.79 Å². The first-order chi connectivity index (χ1) is 14.5. The van der Waals surface area contributed by atoms with E-state index < -0.39 is 23.5 Å². The number of rotatable bonds is 4. The third-order valence-electron chi connectivity index (χ3n) is 5.34. The fourth-order valence-corrected chi connectivity index (χ4v) is 3.84. The summed E-state index contributed by atoms with van der Waals surface area (Å²) in [5, 5.41) is 14.1. The number of hydrogen-bond donors (Lipinski definition) is 3. The molecule has 0 spiro atoms. The molecule has 1 fully saturated rings. The topological polar surface area (TPSA) is 134 Å². The molecule has 0 radical (unpaired) electrons. The molecule has 10 nitrogen and oxygen atoms in total. The lowest BCUT2D eigenvalue weighted by Crippen LogP contribution is -2.57. The summed E-state index contributed by atoms with van der Waals surface area (Å²) in [5.41, 5.74) is 0.442. The molecule has 1 aromatic carbocycles. The van der Waals surface area contributed by atoms with Gasteiger partial charge in [-0.05, 0) is 29.3 Å². The molecule has 1 unspecified atom stereocenters. The van der Waals surface area contributed by atoms with Crippen LogP contribution in [0, 0.1) is 0 Å². The Morgan fingerprint density at radius 2 is 2.10 bits per heavy atom. The summed E-state index contributed by atoms with van der Waals surface area (Å²) in [6, 6.07) is 7.39. The first-order valence-electron chi connectivity index (χ1n) is 9.08. The summed E-state index contributed by atoms with van der Waals surface area (Å²) in [7, 11) is 1.49. The Morgan fingerprint density at radius 3 is 2.80 bits per heavy atom. The standard InChI is InChI=1S/C20H16N4O6/c1-29-12-3-2-11-8-24(17(26)13(11)5-12)20(18(27)22-19(28)23-20)16-6-14-15(30-16)4-10(9-25)7-21-14/h2-7,25H,8-9H2,1H3,(H2,22,23,27,28). The van der Waals surface area contributed by atoms with Gasteiger partial charge in [-0.2, -0.15) is 0 Å². The van der Waals surface area contributed by atoms with Crippen molar-refractivity contribution in [2.45, 2.75) is 18.8 Å². The lowest BCUT2D eigenvalue weighted by molar-refractivity contribution is -0.131. The van der Waals surface area contributed by atoms with Gasteiger partial charge in [-0.3, -0.25) is 24.8 Å². The fraction of sp³-hybridized carbons (Fsp3) is 0.200. The van der Waals surface area contributed by atoms with Gasteiger partial charge >= 0.3 is 6.03 Å². The van der Waals surface area contributed by atoms with Crippen LogP contribution in [-0.4, -0.2) is 39.9 Å². The number of aromatic nitrogens is 1. The zero-order chi connectivity index (χ0) is 21.0. The van der Waals surface area contributed by atoms with Crippen LogP contribution in [0.15, 0.2) is 40.9 Å². The number of benzene rings is 1. The molecule has 0 aliphatic carbocycles. The van der Waals surface area contributed by atoms with Gasteiger partial charge in [0.25, 0.3) is 17.5 Å². The number of carbonyl (C=O) groups excluding carboxylic acids is 3. The number of carbonyl (C=O) groups is 3. The van der Waals surface area contributed by atoms with Crippen LogP contribution in [0.2, 0.25) is 0 Å². The average molecular weight is 408 g/mol. The van der Waals surface area contributed by atoms with E-state index in [0.29, 0.717) is 33.5 Å². The van der Waals surface area contributed by atoms with Gasteiger partial charge in [0.15, 0.2) is 11.3 Å². The Bertz CT molecular complexity index is 1240. The Balaban J connectivity index is 1.66. The first-order valence-corrected chi connectivity index (χ1v) is 9.08. The molecule has 4 amide bonds. The highest BCUT2D eigenvalue weighted by atomic mass is 16.5. The number of urea groups is 1. The molecule has 152 valence electrons. The highest BCUT2D eigenvalue weighted by molar-refractivity contribution is 6.11. The minimum Gasteiger partial charge on any atom is -0.497 e. The molecule has 3 aromatic rings. The molecule has 2 aliphatic heterocycles. The largest absolute Gasteiger partial charge is 0.497 e. The Hall–Kier alpha value is -3.92. The van der Waals surface area contributed by atoms with Crippen molar-refractivity contribution in [3.8, 4) is 5.75 Å². The number of ether oxygens (including phenoxy) is 1. The second-order valence-electron chi connectivity index (χ2n) is 7.03. The normalized spacial score (nSPS) is 20.5. The predicted octanol–water partition coefficient (Wildman–Crippen LogP) is 0.977. The van der Waals surface area contributed by atoms with E-state index >= 15 is 0 Å². The molecular formula is C20H16N4O6. The van der Waals surface area contributed by atoms with E-state index in [1.165, 1.54) is 24.3 Å². The number of methoxy groups -OCH3 is 1. The number of pyridine rings is 1. The number of nitrogens with one attached hydrogen (secondary N) is 2. The van der Waals surface area contributed by atoms with Crippen molar-refractivity contribution in [2.24, 2.45) is 0 Å². The van der Waals surface area contributed by atoms with Crippen molar-refractivity contribution in [2.75, 3.05) is 7.11 Å². The summed E-state index contributed by atoms with van der Waals surface area (Å²) < 4.78 is 11.0. The molecule has 30 heavy (non-hydrogen) atoms. The van der Waals surface area contributed by atoms with Crippen LogP contribution in [0.1, 0.15) is 27.2 Å². The van der Waals surface area contributed by atoms with Crippen molar-refractivity contribution in [1.29, 1.82) is 0 Å². The third-order valence-corrected chi connectivity index (χ3v) is 5.34. The fourth-order valence-electron chi connectivity index (χ4n) is 3.84. The van der Waals surface area contributed by atoms with Gasteiger partial charge < -0.3 is 19.6 Å². The van der Waals surface area contributed by atoms with E-state index in [4.69, 9.17) is 9.15 Å². The first kappa shape index (κ1) is 18.1. The van der Waals surface area contributed by atoms with Crippen molar-refractivity contribution in [3.05, 3.63) is 59.0 Å². The summed E-state index contributed by atoms with van der Waals surface area (Å²) >= 11 is 0. The molecule has 2 aromatic heterocycles. The SMILES string of the molecule is COc1ccc2c(c1)C(=O)N(C1(c3cc4ncc(CO)cc4o3)NC(=O)NC1=O)C2. The van der Waals surface area contributed by atoms with Crippen LogP contribution in [0.5, 0.6) is 5.75 Å². The minimum atomic E-state index is -1.87. The number of aliphatic hydroxyl groups excluding tert-OH is 1. The van der Waals surface area contributed by atoms with Crippen LogP contribution >= 0.6 is 0 Å². The average Bonchev–Trinajstić information content (AvgIpc) is 3.41. The Kier molecular flexibility index (Phi) is 3.80. The summed E-state index contributed by atoms with van der Waals surface area (Å²) in [5.74, 6) is -0.647. The van der Waals surface area contributed by atoms with E-state index in [2.05, 4.69) is 15.6 Å². The van der Waals surface area contributed by atoms with E-state index in [9.17, 15) is 19.5 Å². The minimum absolute atomic E-state index is 0.0385. The van der Waals surface area contributed by atoms with E-state index in [1.807, 2.05) is 0 Å². The predicted molar refractivity (Wildman–Crippen MR) is 101 cm³/mol. The number of imide groups is 1. The Morgan fingerprint density at radius 1 is 1.27 bits per heavy atom. The van der Waals surface area contributed by atoms with Crippen molar-refractivity contribution in [3.63, 3.8) is 0 Å². The van der Waals surface area contributed by atoms with Gasteiger partial charge in [-0.25, -0.2) is 4.79 Å². The van der Waals surface area contributed by atoms with Crippen molar-refractivity contribution >= 4 is 28.9 Å². The number of amides is 4. The lowest BCUT2D eigenvalue weighted by Gasteiger charge is -2.33. The Labute approximate surface area is 169 Å². The molecule has 0 bridgehead atoms. The zero-order valence-electron chi connectivity index (χ0n) is 15.8. The molecule has 4 heterocycles. The molecule has 2 aliphatic rings. The van der Waals surface area contributed by atoms with Crippen LogP contribution in [0.3, 0.4) is 0 Å². The van der Waals surface area contributed by atoms with Gasteiger partial charge in [0.05, 0.1) is 20.3 Å². The molecule has 1 saturated heterocycles. The monoisotopic (exact) mass is 408 g/mol. The van der Waals surface area contributed by atoms with Gasteiger partial charge in [0.1, 0.15) is 11.3 Å². The van der Waals surface area contributed by atoms with Gasteiger partial charge in [0.2, 0.25) is 0 Å². The van der Waals surface area contributed by atoms with Gasteiger partial charge in [0, 0.05) is 17.8 Å². The highest BCUT2D eigenvalue weighted by Crippen LogP contribution is 2.39. The number of hydrogen-bond acceptors (Lipinski definition) is 7. The number of fused-ring (bicyclic) bond motifs is 2. The second kappa shape index (κ2) is 6.29. The van der Waals surface area contributed by atoms with Crippen LogP contribution < -0.4 is 15.4 Å². The second-order valence-corrected chi connectivity index (χ2v) is 7.03. The van der Waals surface area contributed by atoms with Crippen LogP contribution in [0.25, 0.3) is 11.1 Å². The maximum atomic E-state index is 13.2. The van der Waals surface area contributed by atoms with E-state index in [0.717, 1.165) is 0 Å². The smallest absolute Gasteiger partial charge is 0.324 e. The van der Waals surface area contributed by atoms with Crippen molar-refractivity contribution < 1.29 is 28.6 Å². The third kappa shape index (κ3) is 2.40. The lowest BCUT2D eigenvalue weighted by atomic mass is 10.1.